The molecule has 2 aliphatic rings. The first-order chi connectivity index (χ1) is 23.7. The van der Waals surface area contributed by atoms with Gasteiger partial charge in [0.15, 0.2) is 34.5 Å². The molecule has 1 aliphatic heterocycles. The van der Waals surface area contributed by atoms with E-state index >= 15 is 0 Å². The molecule has 2 unspecified atom stereocenters. The van der Waals surface area contributed by atoms with Crippen molar-refractivity contribution >= 4 is 29.1 Å². The maximum absolute atomic E-state index is 14.3. The maximum Gasteiger partial charge on any atom is 0.410 e. The molecule has 14 heteroatoms. The number of piperidine rings is 1. The number of nitrogens with zero attached hydrogens (tertiary/aromatic N) is 5. The number of ether oxygens (including phenoxy) is 3. The minimum atomic E-state index is -0.685. The number of hydrogen-bond donors (Lipinski definition) is 0. The molecule has 2 aromatic heterocycles. The highest BCUT2D eigenvalue weighted by molar-refractivity contribution is 6.29. The van der Waals surface area contributed by atoms with E-state index in [1.54, 1.807) is 11.0 Å². The zero-order chi connectivity index (χ0) is 36.2. The van der Waals surface area contributed by atoms with Crippen LogP contribution in [0.4, 0.5) is 33.7 Å². The van der Waals surface area contributed by atoms with Crippen molar-refractivity contribution in [1.82, 2.24) is 14.9 Å². The number of halogens is 5. The number of carbonyl (C=O) groups is 1. The number of rotatable bonds is 7. The van der Waals surface area contributed by atoms with E-state index in [9.17, 15) is 22.4 Å². The average Bonchev–Trinajstić information content (AvgIpc) is 3.64. The van der Waals surface area contributed by atoms with Crippen LogP contribution in [0.5, 0.6) is 11.5 Å². The molecule has 1 saturated heterocycles. The first-order valence-electron chi connectivity index (χ1n) is 15.3. The number of hydrogen-bond acceptors (Lipinski definition) is 6. The summed E-state index contributed by atoms with van der Waals surface area (Å²) in [5.74, 6) is -2.39. The second-order valence-electron chi connectivity index (χ2n) is 12.6. The summed E-state index contributed by atoms with van der Waals surface area (Å²) in [6, 6.07) is 13.1. The second-order valence-corrected chi connectivity index (χ2v) is 13.0. The van der Waals surface area contributed by atoms with Crippen molar-refractivity contribution in [2.75, 3.05) is 13.1 Å². The van der Waals surface area contributed by atoms with Crippen molar-refractivity contribution in [3.63, 3.8) is 0 Å². The van der Waals surface area contributed by atoms with Crippen molar-refractivity contribution < 1.29 is 36.6 Å². The Morgan fingerprint density at radius 2 is 1.40 bits per heavy atom. The molecule has 1 aliphatic carbocycles. The monoisotopic (exact) mass is 707 g/mol. The van der Waals surface area contributed by atoms with E-state index in [0.717, 1.165) is 24.6 Å². The lowest BCUT2D eigenvalue weighted by Crippen LogP contribution is -2.37. The highest BCUT2D eigenvalue weighted by Crippen LogP contribution is 2.58. The molecule has 0 spiro atoms. The quantitative estimate of drug-likeness (QED) is 0.108. The summed E-state index contributed by atoms with van der Waals surface area (Å²) in [6.07, 6.45) is 0.515. The van der Waals surface area contributed by atoms with Crippen molar-refractivity contribution in [2.45, 2.75) is 51.4 Å². The van der Waals surface area contributed by atoms with E-state index in [-0.39, 0.29) is 70.1 Å². The molecule has 2 atom stereocenters. The van der Waals surface area contributed by atoms with Gasteiger partial charge < -0.3 is 19.1 Å². The Balaban J connectivity index is 0.000000219. The van der Waals surface area contributed by atoms with Crippen LogP contribution in [0.15, 0.2) is 60.7 Å². The van der Waals surface area contributed by atoms with Gasteiger partial charge in [-0.3, -0.25) is 4.98 Å². The van der Waals surface area contributed by atoms with E-state index in [4.69, 9.17) is 39.0 Å². The molecule has 50 heavy (non-hydrogen) atoms. The first-order valence-corrected chi connectivity index (χ1v) is 15.6. The van der Waals surface area contributed by atoms with Crippen LogP contribution < -0.4 is 9.47 Å². The number of benzene rings is 2. The van der Waals surface area contributed by atoms with Gasteiger partial charge in [0, 0.05) is 24.2 Å². The molecule has 258 valence electrons. The van der Waals surface area contributed by atoms with Gasteiger partial charge in [-0.1, -0.05) is 23.7 Å². The summed E-state index contributed by atoms with van der Waals surface area (Å²) >= 11 is 5.63. The van der Waals surface area contributed by atoms with Crippen molar-refractivity contribution in [2.24, 2.45) is 5.92 Å². The predicted molar refractivity (Wildman–Crippen MR) is 175 cm³/mol. The second kappa shape index (κ2) is 14.6. The maximum atomic E-state index is 14.3. The van der Waals surface area contributed by atoms with E-state index < -0.39 is 28.9 Å². The van der Waals surface area contributed by atoms with Crippen molar-refractivity contribution in [1.29, 1.82) is 0 Å². The van der Waals surface area contributed by atoms with Crippen LogP contribution in [0.2, 0.25) is 5.15 Å². The summed E-state index contributed by atoms with van der Waals surface area (Å²) in [4.78, 5) is 28.5. The number of pyridine rings is 2. The zero-order valence-corrected chi connectivity index (χ0v) is 27.9. The van der Waals surface area contributed by atoms with E-state index in [0.29, 0.717) is 18.8 Å². The number of carbonyl (C=O) groups excluding carboxylic acids is 1. The molecule has 2 aromatic carbocycles. The molecule has 1 saturated carbocycles. The van der Waals surface area contributed by atoms with Crippen LogP contribution in [-0.4, -0.2) is 39.7 Å². The lowest BCUT2D eigenvalue weighted by Gasteiger charge is -2.26. The Bertz CT molecular complexity index is 2010. The minimum absolute atomic E-state index is 0.0128. The highest BCUT2D eigenvalue weighted by Gasteiger charge is 2.63. The lowest BCUT2D eigenvalue weighted by atomic mass is 10.0. The fourth-order valence-electron chi connectivity index (χ4n) is 5.41. The molecule has 0 N–H and O–H groups in total. The van der Waals surface area contributed by atoms with E-state index in [1.807, 2.05) is 20.8 Å². The number of likely N-dealkylation sites (tertiary alicyclic amines) is 1. The van der Waals surface area contributed by atoms with Gasteiger partial charge in [0.2, 0.25) is 0 Å². The van der Waals surface area contributed by atoms with E-state index in [2.05, 4.69) is 19.7 Å². The zero-order valence-electron chi connectivity index (χ0n) is 27.1. The Labute approximate surface area is 291 Å². The molecule has 0 radical (unpaired) electrons. The molecule has 0 bridgehead atoms. The number of amides is 1. The fraction of sp³-hybridized carbons (Fsp3) is 0.306. The summed E-state index contributed by atoms with van der Waals surface area (Å²) in [6.45, 7) is 19.7. The first kappa shape index (κ1) is 35.9. The molecule has 9 nitrogen and oxygen atoms in total. The topological polar surface area (TPSA) is 82.5 Å². The standard InChI is InChI=1S/C23H23F2N3O3.C13H7ClF2N2O/c1-22(2,3)31-21(29)28-11-14-10-23(14,13-28)20-8-6-16(24)18(27-20)12-30-19-7-5-15(26-4)9-17(19)25;1-17-8-2-4-12(10(16)6-8)19-7-11-9(15)3-5-13(14)18-11/h5-9,14H,10-13H2,1-3H3;2-6H,7H2. The van der Waals surface area contributed by atoms with Gasteiger partial charge >= 0.3 is 6.09 Å². The Morgan fingerprint density at radius 3 is 1.92 bits per heavy atom. The van der Waals surface area contributed by atoms with Gasteiger partial charge in [0.1, 0.15) is 47.0 Å². The molecule has 3 heterocycles. The Kier molecular flexibility index (Phi) is 10.5. The number of fused-ring (bicyclic) bond motifs is 1. The molecule has 6 rings (SSSR count). The normalized spacial score (nSPS) is 17.4. The lowest BCUT2D eigenvalue weighted by molar-refractivity contribution is 0.0270. The Hall–Kier alpha value is -5.40. The Morgan fingerprint density at radius 1 is 0.860 bits per heavy atom. The van der Waals surface area contributed by atoms with Gasteiger partial charge in [0.25, 0.3) is 0 Å². The minimum Gasteiger partial charge on any atom is -0.484 e. The van der Waals surface area contributed by atoms with Crippen LogP contribution in [0.1, 0.15) is 44.3 Å². The largest absolute Gasteiger partial charge is 0.484 e. The smallest absolute Gasteiger partial charge is 0.410 e. The van der Waals surface area contributed by atoms with Gasteiger partial charge in [-0.25, -0.2) is 37.0 Å². The van der Waals surface area contributed by atoms with Gasteiger partial charge in [-0.2, -0.15) is 0 Å². The van der Waals surface area contributed by atoms with Crippen LogP contribution in [0, 0.1) is 42.3 Å². The SMILES string of the molecule is [C-]#[N+]c1ccc(OCc2nc(C34CC3CN(C(=O)OC(C)(C)C)C4)ccc2F)c(F)c1.[C-]#[N+]c1ccc(OCc2nc(Cl)ccc2F)c(F)c1. The molecular weight excluding hydrogens is 678 g/mol. The summed E-state index contributed by atoms with van der Waals surface area (Å²) in [5.41, 5.74) is 0.206. The van der Waals surface area contributed by atoms with Gasteiger partial charge in [-0.15, -0.1) is 0 Å². The molecule has 2 fully saturated rings. The average molecular weight is 708 g/mol. The summed E-state index contributed by atoms with van der Waals surface area (Å²) in [5, 5.41) is 0.129. The molecule has 4 aromatic rings. The summed E-state index contributed by atoms with van der Waals surface area (Å²) < 4.78 is 71.3. The third kappa shape index (κ3) is 8.41. The van der Waals surface area contributed by atoms with Crippen LogP contribution in [0.25, 0.3) is 9.69 Å². The van der Waals surface area contributed by atoms with Gasteiger partial charge in [0.05, 0.1) is 13.1 Å². The third-order valence-electron chi connectivity index (χ3n) is 7.93. The van der Waals surface area contributed by atoms with E-state index in [1.165, 1.54) is 36.4 Å². The van der Waals surface area contributed by atoms with Crippen molar-refractivity contribution in [3.05, 3.63) is 129 Å². The predicted octanol–water partition coefficient (Wildman–Crippen LogP) is 9.14. The fourth-order valence-corrected chi connectivity index (χ4v) is 5.58. The van der Waals surface area contributed by atoms with Crippen molar-refractivity contribution in [3.8, 4) is 11.5 Å². The van der Waals surface area contributed by atoms with Crippen LogP contribution >= 0.6 is 11.6 Å². The number of aromatic nitrogens is 2. The third-order valence-corrected chi connectivity index (χ3v) is 8.14. The molecular formula is C36H30ClF4N5O4. The summed E-state index contributed by atoms with van der Waals surface area (Å²) in [7, 11) is 0. The van der Waals surface area contributed by atoms with Crippen LogP contribution in [-0.2, 0) is 23.4 Å². The van der Waals surface area contributed by atoms with Crippen LogP contribution in [0.3, 0.4) is 0 Å². The van der Waals surface area contributed by atoms with Gasteiger partial charge in [-0.05, 0) is 81.6 Å². The molecule has 1 amide bonds. The highest BCUT2D eigenvalue weighted by atomic mass is 35.5.